The summed E-state index contributed by atoms with van der Waals surface area (Å²) in [6, 6.07) is 3.23. The Morgan fingerprint density at radius 3 is 2.64 bits per heavy atom. The van der Waals surface area contributed by atoms with Crippen LogP contribution in [0.2, 0.25) is 0 Å². The van der Waals surface area contributed by atoms with Crippen LogP contribution in [-0.2, 0) is 6.18 Å². The van der Waals surface area contributed by atoms with Crippen LogP contribution in [-0.4, -0.2) is 34.3 Å². The van der Waals surface area contributed by atoms with Gasteiger partial charge in [0.1, 0.15) is 0 Å². The van der Waals surface area contributed by atoms with Crippen LogP contribution in [0.3, 0.4) is 0 Å². The van der Waals surface area contributed by atoms with Gasteiger partial charge in [-0.15, -0.1) is 5.10 Å². The zero-order valence-corrected chi connectivity index (χ0v) is 15.8. The maximum absolute atomic E-state index is 12.9. The zero-order valence-electron chi connectivity index (χ0n) is 13.4. The number of ether oxygens (including phenoxy) is 2. The number of methoxy groups -OCH3 is 1. The number of nitrogens with one attached hydrogen (secondary N) is 1. The van der Waals surface area contributed by atoms with E-state index in [1.54, 1.807) is 12.1 Å². The molecule has 0 unspecified atom stereocenters. The summed E-state index contributed by atoms with van der Waals surface area (Å²) in [5.74, 6) is -0.332. The van der Waals surface area contributed by atoms with Gasteiger partial charge in [-0.3, -0.25) is 0 Å². The number of benzene rings is 1. The average molecular weight is 439 g/mol. The first kappa shape index (κ1) is 19.4. The second kappa shape index (κ2) is 7.56. The molecule has 0 aliphatic carbocycles. The highest BCUT2D eigenvalue weighted by Gasteiger charge is 2.37. The molecule has 1 N–H and O–H groups in total. The normalized spacial score (nSPS) is 12.2. The molecule has 0 amide bonds. The zero-order chi connectivity index (χ0) is 18.8. The van der Waals surface area contributed by atoms with Crippen LogP contribution in [0.25, 0.3) is 0 Å². The van der Waals surface area contributed by atoms with Gasteiger partial charge in [-0.25, -0.2) is 5.10 Å². The highest BCUT2D eigenvalue weighted by Crippen LogP contribution is 2.37. The first-order valence-corrected chi connectivity index (χ1v) is 8.16. The van der Waals surface area contributed by atoms with Gasteiger partial charge in [0, 0.05) is 0 Å². The van der Waals surface area contributed by atoms with Crippen molar-refractivity contribution in [3.8, 4) is 11.5 Å². The summed E-state index contributed by atoms with van der Waals surface area (Å²) < 4.78 is 50.4. The Hall–Kier alpha value is -1.88. The van der Waals surface area contributed by atoms with Gasteiger partial charge < -0.3 is 9.47 Å². The summed E-state index contributed by atoms with van der Waals surface area (Å²) in [6.45, 7) is 3.72. The lowest BCUT2D eigenvalue weighted by Gasteiger charge is -2.15. The van der Waals surface area contributed by atoms with Crippen molar-refractivity contribution in [2.75, 3.05) is 7.11 Å². The Labute approximate surface area is 154 Å². The van der Waals surface area contributed by atoms with Crippen molar-refractivity contribution in [1.29, 1.82) is 0 Å². The average Bonchev–Trinajstić information content (AvgIpc) is 2.88. The van der Waals surface area contributed by atoms with E-state index in [0.717, 1.165) is 0 Å². The molecule has 0 saturated heterocycles. The number of hydrogen-bond donors (Lipinski definition) is 1. The molecule has 25 heavy (non-hydrogen) atoms. The van der Waals surface area contributed by atoms with E-state index in [0.29, 0.717) is 26.2 Å². The molecule has 1 aromatic carbocycles. The lowest BCUT2D eigenvalue weighted by molar-refractivity contribution is -0.147. The number of rotatable bonds is 5. The lowest BCUT2D eigenvalue weighted by Crippen LogP contribution is -2.12. The van der Waals surface area contributed by atoms with Crippen molar-refractivity contribution in [3.63, 3.8) is 0 Å². The molecule has 0 atom stereocenters. The molecule has 2 rings (SSSR count). The summed E-state index contributed by atoms with van der Waals surface area (Å²) in [4.78, 5) is 0. The molecule has 11 heteroatoms. The Morgan fingerprint density at radius 2 is 2.08 bits per heavy atom. The van der Waals surface area contributed by atoms with Gasteiger partial charge in [0.15, 0.2) is 11.5 Å². The Bertz CT molecular complexity index is 846. The molecular formula is C14H14BrF3N4O2S. The Kier molecular flexibility index (Phi) is 5.88. The molecule has 0 saturated carbocycles. The second-order valence-corrected chi connectivity index (χ2v) is 6.35. The fraction of sp³-hybridized carbons (Fsp3) is 0.357. The maximum atomic E-state index is 12.9. The maximum Gasteiger partial charge on any atom is 0.453 e. The number of H-pyrrole nitrogens is 1. The van der Waals surface area contributed by atoms with E-state index in [1.165, 1.54) is 13.3 Å². The fourth-order valence-electron chi connectivity index (χ4n) is 1.87. The van der Waals surface area contributed by atoms with E-state index < -0.39 is 12.0 Å². The predicted octanol–water partition coefficient (Wildman–Crippen LogP) is 4.40. The first-order chi connectivity index (χ1) is 11.6. The Balaban J connectivity index is 2.42. The minimum Gasteiger partial charge on any atom is -0.493 e. The van der Waals surface area contributed by atoms with E-state index in [4.69, 9.17) is 21.7 Å². The number of alkyl halides is 3. The molecule has 136 valence electrons. The number of nitrogens with zero attached hydrogens (tertiary/aromatic N) is 3. The van der Waals surface area contributed by atoms with Gasteiger partial charge in [0.2, 0.25) is 4.77 Å². The van der Waals surface area contributed by atoms with E-state index in [-0.39, 0.29) is 10.9 Å². The third kappa shape index (κ3) is 4.60. The van der Waals surface area contributed by atoms with Crippen molar-refractivity contribution in [2.24, 2.45) is 5.10 Å². The van der Waals surface area contributed by atoms with Crippen LogP contribution >= 0.6 is 28.1 Å². The topological polar surface area (TPSA) is 64.4 Å². The predicted molar refractivity (Wildman–Crippen MR) is 91.9 cm³/mol. The highest BCUT2D eigenvalue weighted by atomic mass is 79.9. The molecule has 1 heterocycles. The molecule has 0 spiro atoms. The van der Waals surface area contributed by atoms with Crippen LogP contribution in [0.4, 0.5) is 13.2 Å². The third-order valence-corrected chi connectivity index (χ3v) is 3.68. The van der Waals surface area contributed by atoms with Crippen molar-refractivity contribution < 1.29 is 22.6 Å². The summed E-state index contributed by atoms with van der Waals surface area (Å²) >= 11 is 8.13. The number of aromatic nitrogens is 3. The molecule has 0 aliphatic rings. The van der Waals surface area contributed by atoms with E-state index >= 15 is 0 Å². The number of aromatic amines is 1. The fourth-order valence-corrected chi connectivity index (χ4v) is 2.60. The van der Waals surface area contributed by atoms with Gasteiger partial charge in [-0.2, -0.15) is 22.9 Å². The number of halogens is 4. The molecule has 0 aliphatic heterocycles. The number of hydrogen-bond acceptors (Lipinski definition) is 5. The summed E-state index contributed by atoms with van der Waals surface area (Å²) in [6.07, 6.45) is -3.55. The Morgan fingerprint density at radius 1 is 1.40 bits per heavy atom. The molecule has 2 aromatic rings. The lowest BCUT2D eigenvalue weighted by atomic mass is 10.2. The van der Waals surface area contributed by atoms with Crippen molar-refractivity contribution in [3.05, 3.63) is 32.8 Å². The van der Waals surface area contributed by atoms with Crippen LogP contribution in [0.5, 0.6) is 11.5 Å². The van der Waals surface area contributed by atoms with E-state index in [9.17, 15) is 13.2 Å². The van der Waals surface area contributed by atoms with E-state index in [2.05, 4.69) is 31.2 Å². The smallest absolute Gasteiger partial charge is 0.453 e. The summed E-state index contributed by atoms with van der Waals surface area (Å²) in [5.41, 5.74) is 0.482. The van der Waals surface area contributed by atoms with E-state index in [1.807, 2.05) is 13.8 Å². The van der Waals surface area contributed by atoms with Gasteiger partial charge in [-0.05, 0) is 59.7 Å². The standard InChI is InChI=1S/C14H14BrF3N4O2S/c1-7(2)24-11-9(15)4-8(5-10(11)23-3)6-19-22-12(14(16,17)18)20-21-13(22)25/h4-7H,1-3H3,(H,21,25)/b19-6-. The molecule has 0 fully saturated rings. The molecule has 6 nitrogen and oxygen atoms in total. The SMILES string of the molecule is COc1cc(/C=N\n2c(C(F)(F)F)n[nH]c2=S)cc(Br)c1OC(C)C. The second-order valence-electron chi connectivity index (χ2n) is 5.11. The molecular weight excluding hydrogens is 425 g/mol. The van der Waals surface area contributed by atoms with Crippen molar-refractivity contribution in [2.45, 2.75) is 26.1 Å². The largest absolute Gasteiger partial charge is 0.493 e. The van der Waals surface area contributed by atoms with Gasteiger partial charge in [0.25, 0.3) is 5.82 Å². The first-order valence-electron chi connectivity index (χ1n) is 6.96. The van der Waals surface area contributed by atoms with Crippen LogP contribution in [0, 0.1) is 4.77 Å². The molecule has 0 bridgehead atoms. The van der Waals surface area contributed by atoms with Crippen LogP contribution in [0.1, 0.15) is 25.2 Å². The van der Waals surface area contributed by atoms with Crippen LogP contribution < -0.4 is 9.47 Å². The van der Waals surface area contributed by atoms with Crippen molar-refractivity contribution >= 4 is 34.4 Å². The van der Waals surface area contributed by atoms with Gasteiger partial charge in [0.05, 0.1) is 23.9 Å². The van der Waals surface area contributed by atoms with Gasteiger partial charge >= 0.3 is 6.18 Å². The third-order valence-electron chi connectivity index (χ3n) is 2.83. The highest BCUT2D eigenvalue weighted by molar-refractivity contribution is 9.10. The monoisotopic (exact) mass is 438 g/mol. The molecule has 0 radical (unpaired) electrons. The minimum absolute atomic E-state index is 0.0803. The summed E-state index contributed by atoms with van der Waals surface area (Å²) in [7, 11) is 1.46. The quantitative estimate of drug-likeness (QED) is 0.554. The van der Waals surface area contributed by atoms with Crippen molar-refractivity contribution in [1.82, 2.24) is 14.9 Å². The van der Waals surface area contributed by atoms with Gasteiger partial charge in [-0.1, -0.05) is 0 Å². The van der Waals surface area contributed by atoms with Crippen LogP contribution in [0.15, 0.2) is 21.7 Å². The minimum atomic E-state index is -4.68. The summed E-state index contributed by atoms with van der Waals surface area (Å²) in [5, 5.41) is 8.99. The molecule has 1 aromatic heterocycles.